The van der Waals surface area contributed by atoms with Crippen molar-refractivity contribution in [1.82, 2.24) is 10.2 Å². The largest absolute Gasteiger partial charge is 0.493 e. The van der Waals surface area contributed by atoms with Crippen LogP contribution >= 0.6 is 15.9 Å². The van der Waals surface area contributed by atoms with Gasteiger partial charge in [-0.15, -0.1) is 0 Å². The second-order valence-electron chi connectivity index (χ2n) is 11.9. The molecule has 0 bridgehead atoms. The number of sulfonamides is 1. The van der Waals surface area contributed by atoms with Crippen molar-refractivity contribution >= 4 is 43.5 Å². The van der Waals surface area contributed by atoms with E-state index < -0.39 is 28.5 Å². The van der Waals surface area contributed by atoms with Gasteiger partial charge in [-0.25, -0.2) is 8.42 Å². The SMILES string of the molecule is COc1ccc(S(=O)(=O)N(CC(=O)N(Cc2cccc(Br)c2)C(Cc2ccccc2)C(=O)NCC(C)C)c2ccc(C)cc2)cc1OC. The molecule has 0 aliphatic rings. The smallest absolute Gasteiger partial charge is 0.264 e. The summed E-state index contributed by atoms with van der Waals surface area (Å²) in [6, 6.07) is 27.2. The van der Waals surface area contributed by atoms with Crippen molar-refractivity contribution in [1.29, 1.82) is 0 Å². The molecule has 0 spiro atoms. The standard InChI is InChI=1S/C37H42BrN3O6S/c1-26(2)23-39-37(43)33(21-28-10-7-6-8-11-28)40(24-29-12-9-13-30(38)20-29)36(42)25-41(31-16-14-27(3)15-17-31)48(44,45)32-18-19-34(46-4)35(22-32)47-5/h6-20,22,26,33H,21,23-25H2,1-5H3,(H,39,43). The predicted octanol–water partition coefficient (Wildman–Crippen LogP) is 6.38. The molecule has 1 N–H and O–H groups in total. The van der Waals surface area contributed by atoms with Gasteiger partial charge < -0.3 is 19.7 Å². The molecule has 4 aromatic rings. The van der Waals surface area contributed by atoms with E-state index >= 15 is 0 Å². The van der Waals surface area contributed by atoms with Gasteiger partial charge in [0.2, 0.25) is 11.8 Å². The summed E-state index contributed by atoms with van der Waals surface area (Å²) in [7, 11) is -1.43. The fourth-order valence-electron chi connectivity index (χ4n) is 5.15. The molecule has 0 aliphatic heterocycles. The Morgan fingerprint density at radius 1 is 0.833 bits per heavy atom. The van der Waals surface area contributed by atoms with Crippen LogP contribution in [-0.2, 0) is 32.6 Å². The van der Waals surface area contributed by atoms with E-state index in [-0.39, 0.29) is 35.4 Å². The van der Waals surface area contributed by atoms with Crippen LogP contribution in [0.5, 0.6) is 11.5 Å². The van der Waals surface area contributed by atoms with Gasteiger partial charge in [-0.1, -0.05) is 89.9 Å². The summed E-state index contributed by atoms with van der Waals surface area (Å²) < 4.78 is 41.4. The zero-order valence-electron chi connectivity index (χ0n) is 27.9. The lowest BCUT2D eigenvalue weighted by molar-refractivity contribution is -0.140. The number of ether oxygens (including phenoxy) is 2. The van der Waals surface area contributed by atoms with Gasteiger partial charge in [0.25, 0.3) is 10.0 Å². The van der Waals surface area contributed by atoms with Crippen molar-refractivity contribution in [3.05, 3.63) is 118 Å². The van der Waals surface area contributed by atoms with Crippen LogP contribution in [0, 0.1) is 12.8 Å². The first-order chi connectivity index (χ1) is 22.9. The van der Waals surface area contributed by atoms with Gasteiger partial charge >= 0.3 is 0 Å². The van der Waals surface area contributed by atoms with Crippen LogP contribution in [0.15, 0.2) is 106 Å². The van der Waals surface area contributed by atoms with Crippen molar-refractivity contribution < 1.29 is 27.5 Å². The van der Waals surface area contributed by atoms with Gasteiger partial charge in [-0.05, 0) is 60.4 Å². The monoisotopic (exact) mass is 735 g/mol. The molecule has 0 saturated heterocycles. The topological polar surface area (TPSA) is 105 Å². The number of carbonyl (C=O) groups is 2. The summed E-state index contributed by atoms with van der Waals surface area (Å²) in [5, 5.41) is 3.01. The number of methoxy groups -OCH3 is 2. The minimum absolute atomic E-state index is 0.0724. The van der Waals surface area contributed by atoms with Crippen LogP contribution < -0.4 is 19.1 Å². The molecule has 2 amide bonds. The molecule has 0 aliphatic carbocycles. The lowest BCUT2D eigenvalue weighted by atomic mass is 10.0. The molecule has 0 aromatic heterocycles. The highest BCUT2D eigenvalue weighted by atomic mass is 79.9. The molecular weight excluding hydrogens is 694 g/mol. The van der Waals surface area contributed by atoms with Gasteiger partial charge in [0, 0.05) is 30.0 Å². The van der Waals surface area contributed by atoms with Crippen molar-refractivity contribution in [2.24, 2.45) is 5.92 Å². The number of carbonyl (C=O) groups excluding carboxylic acids is 2. The maximum Gasteiger partial charge on any atom is 0.264 e. The molecule has 4 aromatic carbocycles. The van der Waals surface area contributed by atoms with Crippen LogP contribution in [0.25, 0.3) is 0 Å². The Bertz CT molecular complexity index is 1800. The number of nitrogens with zero attached hydrogens (tertiary/aromatic N) is 2. The van der Waals surface area contributed by atoms with Crippen molar-refractivity contribution in [3.8, 4) is 11.5 Å². The van der Waals surface area contributed by atoms with E-state index in [0.29, 0.717) is 18.0 Å². The Morgan fingerprint density at radius 3 is 2.12 bits per heavy atom. The number of amides is 2. The third-order valence-corrected chi connectivity index (χ3v) is 10.0. The summed E-state index contributed by atoms with van der Waals surface area (Å²) in [5.74, 6) is -0.0782. The van der Waals surface area contributed by atoms with Crippen LogP contribution in [0.4, 0.5) is 5.69 Å². The first-order valence-electron chi connectivity index (χ1n) is 15.6. The number of anilines is 1. The third kappa shape index (κ3) is 9.38. The number of nitrogens with one attached hydrogen (secondary N) is 1. The highest BCUT2D eigenvalue weighted by Crippen LogP contribution is 2.32. The van der Waals surface area contributed by atoms with E-state index in [9.17, 15) is 18.0 Å². The maximum atomic E-state index is 14.6. The van der Waals surface area contributed by atoms with Crippen LogP contribution in [0.1, 0.15) is 30.5 Å². The Kier molecular flexibility index (Phi) is 12.7. The Hall–Kier alpha value is -4.35. The molecule has 0 radical (unpaired) electrons. The summed E-state index contributed by atoms with van der Waals surface area (Å²) in [5.41, 5.74) is 2.87. The van der Waals surface area contributed by atoms with E-state index in [4.69, 9.17) is 9.47 Å². The Balaban J connectivity index is 1.82. The molecule has 0 fully saturated rings. The molecular formula is C37H42BrN3O6S. The summed E-state index contributed by atoms with van der Waals surface area (Å²) >= 11 is 3.51. The number of rotatable bonds is 15. The van der Waals surface area contributed by atoms with E-state index in [1.807, 2.05) is 75.4 Å². The maximum absolute atomic E-state index is 14.6. The quantitative estimate of drug-likeness (QED) is 0.152. The van der Waals surface area contributed by atoms with E-state index in [1.165, 1.54) is 37.3 Å². The number of halogens is 1. The number of hydrogen-bond acceptors (Lipinski definition) is 6. The Labute approximate surface area is 292 Å². The van der Waals surface area contributed by atoms with E-state index in [1.54, 1.807) is 24.3 Å². The average Bonchev–Trinajstić information content (AvgIpc) is 3.08. The molecule has 1 atom stereocenters. The fraction of sp³-hybridized carbons (Fsp3) is 0.297. The number of benzene rings is 4. The second-order valence-corrected chi connectivity index (χ2v) is 14.6. The highest BCUT2D eigenvalue weighted by molar-refractivity contribution is 9.10. The first-order valence-corrected chi connectivity index (χ1v) is 17.8. The van der Waals surface area contributed by atoms with Crippen LogP contribution in [0.3, 0.4) is 0 Å². The molecule has 254 valence electrons. The zero-order valence-corrected chi connectivity index (χ0v) is 30.3. The predicted molar refractivity (Wildman–Crippen MR) is 192 cm³/mol. The van der Waals surface area contributed by atoms with Crippen molar-refractivity contribution in [2.75, 3.05) is 31.6 Å². The number of hydrogen-bond donors (Lipinski definition) is 1. The minimum atomic E-state index is -4.32. The highest BCUT2D eigenvalue weighted by Gasteiger charge is 2.35. The number of aryl methyl sites for hydroxylation is 1. The average molecular weight is 737 g/mol. The molecule has 11 heteroatoms. The van der Waals surface area contributed by atoms with E-state index in [2.05, 4.69) is 21.2 Å². The van der Waals surface area contributed by atoms with Gasteiger partial charge in [-0.3, -0.25) is 13.9 Å². The fourth-order valence-corrected chi connectivity index (χ4v) is 7.03. The molecule has 4 rings (SSSR count). The van der Waals surface area contributed by atoms with Crippen LogP contribution in [0.2, 0.25) is 0 Å². The molecule has 1 unspecified atom stereocenters. The summed E-state index contributed by atoms with van der Waals surface area (Å²) in [6.07, 6.45) is 0.234. The molecule has 0 saturated carbocycles. The van der Waals surface area contributed by atoms with Gasteiger partial charge in [0.1, 0.15) is 12.6 Å². The van der Waals surface area contributed by atoms with Crippen molar-refractivity contribution in [3.63, 3.8) is 0 Å². The third-order valence-electron chi connectivity index (χ3n) is 7.74. The minimum Gasteiger partial charge on any atom is -0.493 e. The Morgan fingerprint density at radius 2 is 1.50 bits per heavy atom. The first kappa shape index (κ1) is 36.5. The molecule has 48 heavy (non-hydrogen) atoms. The van der Waals surface area contributed by atoms with Gasteiger partial charge in [-0.2, -0.15) is 0 Å². The van der Waals surface area contributed by atoms with Crippen LogP contribution in [-0.4, -0.2) is 58.5 Å². The molecule has 0 heterocycles. The van der Waals surface area contributed by atoms with Gasteiger partial charge in [0.15, 0.2) is 11.5 Å². The zero-order chi connectivity index (χ0) is 34.8. The van der Waals surface area contributed by atoms with E-state index in [0.717, 1.165) is 25.5 Å². The second kappa shape index (κ2) is 16.7. The summed E-state index contributed by atoms with van der Waals surface area (Å²) in [6.45, 7) is 5.82. The van der Waals surface area contributed by atoms with Crippen molar-refractivity contribution in [2.45, 2.75) is 44.7 Å². The van der Waals surface area contributed by atoms with Gasteiger partial charge in [0.05, 0.1) is 24.8 Å². The lowest BCUT2D eigenvalue weighted by Gasteiger charge is -2.34. The normalized spacial score (nSPS) is 11.9. The summed E-state index contributed by atoms with van der Waals surface area (Å²) in [4.78, 5) is 30.0. The molecule has 9 nitrogen and oxygen atoms in total. The lowest BCUT2D eigenvalue weighted by Crippen LogP contribution is -2.53.